The topological polar surface area (TPSA) is 29.1 Å². The average molecular weight is 284 g/mol. The number of carbonyl (C=O) groups excluding carboxylic acids is 1. The summed E-state index contributed by atoms with van der Waals surface area (Å²) in [5, 5.41) is 2.95. The number of hydrogen-bond acceptors (Lipinski definition) is 1. The molecule has 0 saturated heterocycles. The Kier molecular flexibility index (Phi) is 4.54. The molecule has 0 fully saturated rings. The summed E-state index contributed by atoms with van der Waals surface area (Å²) >= 11 is 3.57. The molecule has 0 aromatic heterocycles. The summed E-state index contributed by atoms with van der Waals surface area (Å²) in [4.78, 5) is 12.1. The Morgan fingerprint density at radius 1 is 1.38 bits per heavy atom. The Hall–Kier alpha value is -0.830. The molecule has 0 bridgehead atoms. The lowest BCUT2D eigenvalue weighted by Gasteiger charge is -2.26. The normalized spacial score (nSPS) is 14.6. The summed E-state index contributed by atoms with van der Waals surface area (Å²) in [6.07, 6.45) is 0.718. The van der Waals surface area contributed by atoms with E-state index in [2.05, 4.69) is 21.2 Å². The fourth-order valence-electron chi connectivity index (χ4n) is 1.57. The molecule has 88 valence electrons. The maximum Gasteiger partial charge on any atom is 0.241 e. The molecule has 1 atom stereocenters. The zero-order valence-corrected chi connectivity index (χ0v) is 11.5. The predicted octanol–water partition coefficient (Wildman–Crippen LogP) is 3.21. The molecule has 0 aliphatic rings. The van der Waals surface area contributed by atoms with Gasteiger partial charge in [-0.25, -0.2) is 0 Å². The molecule has 2 nitrogen and oxygen atoms in total. The zero-order valence-electron chi connectivity index (χ0n) is 9.96. The van der Waals surface area contributed by atoms with Crippen LogP contribution in [0, 0.1) is 0 Å². The van der Waals surface area contributed by atoms with Crippen molar-refractivity contribution in [2.75, 3.05) is 0 Å². The van der Waals surface area contributed by atoms with Gasteiger partial charge in [-0.2, -0.15) is 0 Å². The first-order valence-corrected chi connectivity index (χ1v) is 6.35. The second-order valence-electron chi connectivity index (χ2n) is 4.15. The molecule has 0 heterocycles. The molecule has 1 rings (SSSR count). The van der Waals surface area contributed by atoms with E-state index in [1.807, 2.05) is 51.1 Å². The van der Waals surface area contributed by atoms with E-state index in [1.54, 1.807) is 0 Å². The van der Waals surface area contributed by atoms with Gasteiger partial charge in [-0.1, -0.05) is 53.2 Å². The molecule has 16 heavy (non-hydrogen) atoms. The van der Waals surface area contributed by atoms with Crippen molar-refractivity contribution in [3.8, 4) is 0 Å². The first kappa shape index (κ1) is 13.2. The number of amides is 1. The van der Waals surface area contributed by atoms with E-state index < -0.39 is 4.32 Å². The average Bonchev–Trinajstić information content (AvgIpc) is 2.28. The van der Waals surface area contributed by atoms with Crippen LogP contribution in [-0.4, -0.2) is 11.9 Å². The van der Waals surface area contributed by atoms with Gasteiger partial charge in [0, 0.05) is 6.04 Å². The van der Waals surface area contributed by atoms with Gasteiger partial charge in [0.2, 0.25) is 5.91 Å². The molecular formula is C13H18BrNO. The van der Waals surface area contributed by atoms with Gasteiger partial charge >= 0.3 is 0 Å². The number of carbonyl (C=O) groups is 1. The van der Waals surface area contributed by atoms with Gasteiger partial charge in [0.05, 0.1) is 0 Å². The van der Waals surface area contributed by atoms with Crippen LogP contribution in [0.15, 0.2) is 30.3 Å². The Morgan fingerprint density at radius 3 is 2.38 bits per heavy atom. The zero-order chi connectivity index (χ0) is 12.2. The summed E-state index contributed by atoms with van der Waals surface area (Å²) in [6.45, 7) is 5.93. The quantitative estimate of drug-likeness (QED) is 0.845. The van der Waals surface area contributed by atoms with Crippen molar-refractivity contribution in [1.82, 2.24) is 5.32 Å². The van der Waals surface area contributed by atoms with Crippen LogP contribution in [0.25, 0.3) is 0 Å². The van der Waals surface area contributed by atoms with Crippen LogP contribution >= 0.6 is 15.9 Å². The minimum atomic E-state index is -0.613. The Balaban J connectivity index is 2.98. The molecule has 1 unspecified atom stereocenters. The Morgan fingerprint density at radius 2 is 1.94 bits per heavy atom. The first-order valence-electron chi connectivity index (χ1n) is 5.56. The molecule has 1 aromatic carbocycles. The largest absolute Gasteiger partial charge is 0.352 e. The van der Waals surface area contributed by atoms with Gasteiger partial charge in [0.25, 0.3) is 0 Å². The monoisotopic (exact) mass is 283 g/mol. The molecule has 1 amide bonds. The van der Waals surface area contributed by atoms with Gasteiger partial charge in [-0.05, 0) is 25.8 Å². The minimum Gasteiger partial charge on any atom is -0.352 e. The third-order valence-corrected chi connectivity index (χ3v) is 3.88. The highest BCUT2D eigenvalue weighted by molar-refractivity contribution is 9.10. The fourth-order valence-corrected chi connectivity index (χ4v) is 1.95. The van der Waals surface area contributed by atoms with Crippen LogP contribution in [0.2, 0.25) is 0 Å². The third-order valence-electron chi connectivity index (χ3n) is 2.50. The van der Waals surface area contributed by atoms with Crippen molar-refractivity contribution in [2.45, 2.75) is 37.6 Å². The van der Waals surface area contributed by atoms with E-state index in [-0.39, 0.29) is 11.9 Å². The molecule has 0 radical (unpaired) electrons. The summed E-state index contributed by atoms with van der Waals surface area (Å²) in [6, 6.07) is 9.94. The Bertz CT molecular complexity index is 350. The van der Waals surface area contributed by atoms with E-state index in [0.29, 0.717) is 0 Å². The molecule has 3 heteroatoms. The molecule has 1 N–H and O–H groups in total. The van der Waals surface area contributed by atoms with Crippen molar-refractivity contribution in [2.24, 2.45) is 0 Å². The van der Waals surface area contributed by atoms with Crippen LogP contribution < -0.4 is 5.32 Å². The highest BCUT2D eigenvalue weighted by Crippen LogP contribution is 2.35. The van der Waals surface area contributed by atoms with Gasteiger partial charge in [0.15, 0.2) is 0 Å². The predicted molar refractivity (Wildman–Crippen MR) is 70.6 cm³/mol. The highest BCUT2D eigenvalue weighted by Gasteiger charge is 2.35. The van der Waals surface area contributed by atoms with E-state index >= 15 is 0 Å². The van der Waals surface area contributed by atoms with E-state index in [9.17, 15) is 4.79 Å². The van der Waals surface area contributed by atoms with Crippen molar-refractivity contribution in [3.63, 3.8) is 0 Å². The maximum absolute atomic E-state index is 12.1. The van der Waals surface area contributed by atoms with Crippen LogP contribution in [0.3, 0.4) is 0 Å². The third kappa shape index (κ3) is 2.85. The standard InChI is InChI=1S/C13H18BrNO/c1-4-13(14,12(16)15-10(2)3)11-8-6-5-7-9-11/h5-10H,4H2,1-3H3,(H,15,16). The van der Waals surface area contributed by atoms with Gasteiger partial charge in [-0.15, -0.1) is 0 Å². The van der Waals surface area contributed by atoms with Gasteiger partial charge in [0.1, 0.15) is 4.32 Å². The van der Waals surface area contributed by atoms with Gasteiger partial charge < -0.3 is 5.32 Å². The molecule has 0 aliphatic carbocycles. The van der Waals surface area contributed by atoms with Crippen LogP contribution in [0.5, 0.6) is 0 Å². The minimum absolute atomic E-state index is 0.0243. The number of nitrogens with one attached hydrogen (secondary N) is 1. The summed E-state index contributed by atoms with van der Waals surface area (Å²) < 4.78 is -0.613. The number of alkyl halides is 1. The first-order chi connectivity index (χ1) is 7.50. The fraction of sp³-hybridized carbons (Fsp3) is 0.462. The highest BCUT2D eigenvalue weighted by atomic mass is 79.9. The number of rotatable bonds is 4. The number of benzene rings is 1. The van der Waals surface area contributed by atoms with Crippen LogP contribution in [-0.2, 0) is 9.12 Å². The van der Waals surface area contributed by atoms with Crippen LogP contribution in [0.1, 0.15) is 32.8 Å². The lowest BCUT2D eigenvalue weighted by molar-refractivity contribution is -0.124. The summed E-state index contributed by atoms with van der Waals surface area (Å²) in [5.41, 5.74) is 0.996. The van der Waals surface area contributed by atoms with Crippen molar-refractivity contribution in [3.05, 3.63) is 35.9 Å². The van der Waals surface area contributed by atoms with E-state index in [4.69, 9.17) is 0 Å². The smallest absolute Gasteiger partial charge is 0.241 e. The number of hydrogen-bond donors (Lipinski definition) is 1. The molecule has 0 saturated carbocycles. The lowest BCUT2D eigenvalue weighted by atomic mass is 9.95. The lowest BCUT2D eigenvalue weighted by Crippen LogP contribution is -2.42. The van der Waals surface area contributed by atoms with Crippen molar-refractivity contribution >= 4 is 21.8 Å². The van der Waals surface area contributed by atoms with Crippen LogP contribution in [0.4, 0.5) is 0 Å². The second-order valence-corrected chi connectivity index (χ2v) is 5.50. The molecular weight excluding hydrogens is 266 g/mol. The molecule has 1 aromatic rings. The summed E-state index contributed by atoms with van der Waals surface area (Å²) in [5.74, 6) is 0.0243. The maximum atomic E-state index is 12.1. The second kappa shape index (κ2) is 5.48. The van der Waals surface area contributed by atoms with E-state index in [0.717, 1.165) is 12.0 Å². The Labute approximate surface area is 106 Å². The van der Waals surface area contributed by atoms with E-state index in [1.165, 1.54) is 0 Å². The SMILES string of the molecule is CCC(Br)(C(=O)NC(C)C)c1ccccc1. The number of halogens is 1. The molecule has 0 spiro atoms. The van der Waals surface area contributed by atoms with Crippen molar-refractivity contribution in [1.29, 1.82) is 0 Å². The molecule has 0 aliphatic heterocycles. The van der Waals surface area contributed by atoms with Crippen molar-refractivity contribution < 1.29 is 4.79 Å². The van der Waals surface area contributed by atoms with Gasteiger partial charge in [-0.3, -0.25) is 4.79 Å². The summed E-state index contributed by atoms with van der Waals surface area (Å²) in [7, 11) is 0.